The van der Waals surface area contributed by atoms with Crippen LogP contribution in [0, 0.1) is 6.92 Å². The number of H-pyrrole nitrogens is 1. The first-order valence-corrected chi connectivity index (χ1v) is 8.29. The predicted octanol–water partition coefficient (Wildman–Crippen LogP) is 2.96. The molecule has 3 rings (SSSR count). The summed E-state index contributed by atoms with van der Waals surface area (Å²) in [5, 5.41) is 9.17. The summed E-state index contributed by atoms with van der Waals surface area (Å²) < 4.78 is 0. The van der Waals surface area contributed by atoms with Gasteiger partial charge in [0.05, 0.1) is 23.4 Å². The number of anilines is 1. The minimum atomic E-state index is -0.273. The van der Waals surface area contributed by atoms with E-state index in [0.29, 0.717) is 29.2 Å². The van der Waals surface area contributed by atoms with Crippen molar-refractivity contribution in [2.24, 2.45) is 0 Å². The number of aromatic amines is 1. The van der Waals surface area contributed by atoms with Crippen molar-refractivity contribution in [1.29, 1.82) is 0 Å². The second-order valence-corrected chi connectivity index (χ2v) is 5.99. The normalized spacial score (nSPS) is 10.4. The molecule has 2 aromatic heterocycles. The van der Waals surface area contributed by atoms with E-state index in [-0.39, 0.29) is 11.8 Å². The van der Waals surface area contributed by atoms with Gasteiger partial charge >= 0.3 is 0 Å². The number of carbonyl (C=O) groups excluding carboxylic acids is 2. The summed E-state index contributed by atoms with van der Waals surface area (Å²) in [5.74, 6) is 0.170. The summed E-state index contributed by atoms with van der Waals surface area (Å²) in [4.78, 5) is 31.8. The molecule has 0 atom stereocenters. The Morgan fingerprint density at radius 1 is 1.21 bits per heavy atom. The first-order chi connectivity index (χ1) is 11.6. The van der Waals surface area contributed by atoms with E-state index >= 15 is 0 Å². The van der Waals surface area contributed by atoms with Gasteiger partial charge in [-0.15, -0.1) is 0 Å². The number of thiophene rings is 1. The van der Waals surface area contributed by atoms with Crippen LogP contribution in [-0.4, -0.2) is 21.8 Å². The summed E-state index contributed by atoms with van der Waals surface area (Å²) in [6.07, 6.45) is 1.70. The third kappa shape index (κ3) is 3.69. The number of nitrogens with one attached hydrogen (secondary N) is 3. The maximum absolute atomic E-state index is 12.4. The maximum Gasteiger partial charge on any atom is 0.256 e. The number of aryl methyl sites for hydroxylation is 1. The summed E-state index contributed by atoms with van der Waals surface area (Å²) in [6.45, 7) is 2.19. The van der Waals surface area contributed by atoms with Crippen LogP contribution < -0.4 is 10.6 Å². The van der Waals surface area contributed by atoms with E-state index in [1.165, 1.54) is 11.3 Å². The van der Waals surface area contributed by atoms with Crippen LogP contribution >= 0.6 is 11.3 Å². The summed E-state index contributed by atoms with van der Waals surface area (Å²) in [6, 6.07) is 8.65. The van der Waals surface area contributed by atoms with Crippen molar-refractivity contribution in [1.82, 2.24) is 15.3 Å². The Labute approximate surface area is 142 Å². The van der Waals surface area contributed by atoms with Gasteiger partial charge in [-0.1, -0.05) is 12.1 Å². The zero-order valence-corrected chi connectivity index (χ0v) is 13.8. The third-order valence-electron chi connectivity index (χ3n) is 3.38. The van der Waals surface area contributed by atoms with Gasteiger partial charge in [0.2, 0.25) is 0 Å². The molecule has 122 valence electrons. The fourth-order valence-electron chi connectivity index (χ4n) is 2.19. The Morgan fingerprint density at radius 2 is 2.04 bits per heavy atom. The summed E-state index contributed by atoms with van der Waals surface area (Å²) in [7, 11) is 0. The van der Waals surface area contributed by atoms with Gasteiger partial charge in [0.15, 0.2) is 0 Å². The molecular weight excluding hydrogens is 324 g/mol. The van der Waals surface area contributed by atoms with Gasteiger partial charge in [-0.05, 0) is 30.5 Å². The number of imidazole rings is 1. The molecule has 3 aromatic rings. The highest BCUT2D eigenvalue weighted by Gasteiger charge is 2.14. The summed E-state index contributed by atoms with van der Waals surface area (Å²) in [5.41, 5.74) is 2.38. The molecule has 0 saturated carbocycles. The van der Waals surface area contributed by atoms with Crippen molar-refractivity contribution in [2.45, 2.75) is 13.5 Å². The van der Waals surface area contributed by atoms with E-state index in [2.05, 4.69) is 20.6 Å². The quantitative estimate of drug-likeness (QED) is 0.667. The van der Waals surface area contributed by atoms with Crippen molar-refractivity contribution in [3.05, 3.63) is 69.9 Å². The lowest BCUT2D eigenvalue weighted by Crippen LogP contribution is -2.25. The highest BCUT2D eigenvalue weighted by atomic mass is 32.1. The molecule has 0 spiro atoms. The van der Waals surface area contributed by atoms with Crippen molar-refractivity contribution in [3.63, 3.8) is 0 Å². The second-order valence-electron chi connectivity index (χ2n) is 5.21. The smallest absolute Gasteiger partial charge is 0.256 e. The standard InChI is InChI=1S/C17H16N4O2S/c1-11-8-18-15(20-11)9-19-17(23)13-4-2-3-5-14(13)21-16(22)12-6-7-24-10-12/h2-8,10H,9H2,1H3,(H,18,20)(H,19,23)(H,21,22). The molecule has 0 aliphatic rings. The highest BCUT2D eigenvalue weighted by molar-refractivity contribution is 7.08. The van der Waals surface area contributed by atoms with E-state index in [9.17, 15) is 9.59 Å². The average molecular weight is 340 g/mol. The second kappa shape index (κ2) is 7.10. The zero-order chi connectivity index (χ0) is 16.9. The number of hydrogen-bond donors (Lipinski definition) is 3. The molecule has 7 heteroatoms. The number of carbonyl (C=O) groups is 2. The molecule has 3 N–H and O–H groups in total. The van der Waals surface area contributed by atoms with Crippen molar-refractivity contribution in [2.75, 3.05) is 5.32 Å². The van der Waals surface area contributed by atoms with Gasteiger partial charge in [-0.3, -0.25) is 9.59 Å². The van der Waals surface area contributed by atoms with Crippen LogP contribution in [0.3, 0.4) is 0 Å². The Morgan fingerprint density at radius 3 is 2.75 bits per heavy atom. The van der Waals surface area contributed by atoms with Crippen LogP contribution in [0.25, 0.3) is 0 Å². The number of nitrogens with zero attached hydrogens (tertiary/aromatic N) is 1. The molecule has 0 aliphatic heterocycles. The van der Waals surface area contributed by atoms with Gasteiger partial charge in [-0.2, -0.15) is 11.3 Å². The van der Waals surface area contributed by atoms with E-state index in [4.69, 9.17) is 0 Å². The topological polar surface area (TPSA) is 86.9 Å². The number of hydrogen-bond acceptors (Lipinski definition) is 4. The fraction of sp³-hybridized carbons (Fsp3) is 0.118. The number of para-hydroxylation sites is 1. The van der Waals surface area contributed by atoms with Crippen LogP contribution in [-0.2, 0) is 6.54 Å². The highest BCUT2D eigenvalue weighted by Crippen LogP contribution is 2.17. The zero-order valence-electron chi connectivity index (χ0n) is 13.0. The maximum atomic E-state index is 12.4. The van der Waals surface area contributed by atoms with Crippen LogP contribution in [0.15, 0.2) is 47.3 Å². The lowest BCUT2D eigenvalue weighted by molar-refractivity contribution is 0.0951. The molecule has 2 amide bonds. The van der Waals surface area contributed by atoms with Crippen molar-refractivity contribution < 1.29 is 9.59 Å². The van der Waals surface area contributed by atoms with Crippen molar-refractivity contribution >= 4 is 28.8 Å². The molecule has 0 unspecified atom stereocenters. The SMILES string of the molecule is Cc1cnc(CNC(=O)c2ccccc2NC(=O)c2ccsc2)[nH]1. The van der Waals surface area contributed by atoms with Crippen molar-refractivity contribution in [3.8, 4) is 0 Å². The summed E-state index contributed by atoms with van der Waals surface area (Å²) >= 11 is 1.45. The average Bonchev–Trinajstić information content (AvgIpc) is 3.25. The molecule has 0 saturated heterocycles. The Hall–Kier alpha value is -2.93. The van der Waals surface area contributed by atoms with Crippen LogP contribution in [0.2, 0.25) is 0 Å². The van der Waals surface area contributed by atoms with Gasteiger partial charge < -0.3 is 15.6 Å². The van der Waals surface area contributed by atoms with Gasteiger partial charge in [0.25, 0.3) is 11.8 Å². The molecule has 1 aromatic carbocycles. The van der Waals surface area contributed by atoms with E-state index in [0.717, 1.165) is 5.69 Å². The first kappa shape index (κ1) is 15.9. The molecular formula is C17H16N4O2S. The first-order valence-electron chi connectivity index (χ1n) is 7.35. The molecule has 0 aliphatic carbocycles. The van der Waals surface area contributed by atoms with E-state index in [1.54, 1.807) is 41.9 Å². The fourth-order valence-corrected chi connectivity index (χ4v) is 2.83. The lowest BCUT2D eigenvalue weighted by Gasteiger charge is -2.10. The van der Waals surface area contributed by atoms with Gasteiger partial charge in [-0.25, -0.2) is 4.98 Å². The molecule has 6 nitrogen and oxygen atoms in total. The lowest BCUT2D eigenvalue weighted by atomic mass is 10.1. The molecule has 0 bridgehead atoms. The number of aromatic nitrogens is 2. The Kier molecular flexibility index (Phi) is 4.72. The monoisotopic (exact) mass is 340 g/mol. The molecule has 0 fully saturated rings. The Balaban J connectivity index is 1.71. The van der Waals surface area contributed by atoms with Crippen LogP contribution in [0.5, 0.6) is 0 Å². The van der Waals surface area contributed by atoms with Gasteiger partial charge in [0.1, 0.15) is 5.82 Å². The van der Waals surface area contributed by atoms with E-state index < -0.39 is 0 Å². The molecule has 24 heavy (non-hydrogen) atoms. The third-order valence-corrected chi connectivity index (χ3v) is 4.06. The largest absolute Gasteiger partial charge is 0.345 e. The molecule has 2 heterocycles. The number of benzene rings is 1. The predicted molar refractivity (Wildman–Crippen MR) is 93.2 cm³/mol. The molecule has 0 radical (unpaired) electrons. The minimum absolute atomic E-state index is 0.238. The van der Waals surface area contributed by atoms with E-state index in [1.807, 2.05) is 12.3 Å². The van der Waals surface area contributed by atoms with Crippen LogP contribution in [0.1, 0.15) is 32.2 Å². The Bertz CT molecular complexity index is 855. The van der Waals surface area contributed by atoms with Gasteiger partial charge in [0, 0.05) is 17.3 Å². The van der Waals surface area contributed by atoms with Crippen LogP contribution in [0.4, 0.5) is 5.69 Å². The number of amides is 2. The number of rotatable bonds is 5. The minimum Gasteiger partial charge on any atom is -0.345 e.